The van der Waals surface area contributed by atoms with Crippen LogP contribution in [0.4, 0.5) is 5.69 Å². The number of hydrogen-bond acceptors (Lipinski definition) is 5. The molecule has 3 aromatic rings. The molecule has 2 aromatic carbocycles. The molecule has 0 saturated heterocycles. The van der Waals surface area contributed by atoms with Gasteiger partial charge in [-0.25, -0.2) is 4.68 Å². The molecule has 0 aliphatic rings. The number of anilines is 1. The Labute approximate surface area is 149 Å². The number of nitrogens with zero attached hydrogens (tertiary/aromatic N) is 2. The van der Waals surface area contributed by atoms with E-state index in [0.717, 1.165) is 11.4 Å². The molecule has 5 nitrogen and oxygen atoms in total. The minimum atomic E-state index is 0.281. The van der Waals surface area contributed by atoms with Gasteiger partial charge in [-0.15, -0.1) is 5.10 Å². The Bertz CT molecular complexity index is 874. The minimum Gasteiger partial charge on any atom is -0.494 e. The molecule has 0 saturated carbocycles. The number of rotatable bonds is 6. The number of halogens is 1. The Morgan fingerprint density at radius 2 is 1.96 bits per heavy atom. The first-order valence-corrected chi connectivity index (χ1v) is 8.25. The first kappa shape index (κ1) is 16.5. The Balaban J connectivity index is 1.72. The van der Waals surface area contributed by atoms with Gasteiger partial charge in [-0.2, -0.15) is 0 Å². The average Bonchev–Trinajstić information content (AvgIpc) is 2.96. The van der Waals surface area contributed by atoms with Gasteiger partial charge in [0.1, 0.15) is 12.4 Å². The van der Waals surface area contributed by atoms with E-state index in [4.69, 9.17) is 33.0 Å². The first-order chi connectivity index (χ1) is 11.7. The maximum absolute atomic E-state index is 6.16. The SMILES string of the molecule is CCOc1ccc(NCn2nc(-c3ccccc3Cl)oc2=S)cc1. The predicted molar refractivity (Wildman–Crippen MR) is 97.0 cm³/mol. The summed E-state index contributed by atoms with van der Waals surface area (Å²) in [6, 6.07) is 15.0. The first-order valence-electron chi connectivity index (χ1n) is 7.47. The monoisotopic (exact) mass is 361 g/mol. The summed E-state index contributed by atoms with van der Waals surface area (Å²) < 4.78 is 12.5. The highest BCUT2D eigenvalue weighted by atomic mass is 35.5. The average molecular weight is 362 g/mol. The van der Waals surface area contributed by atoms with Crippen molar-refractivity contribution in [3.8, 4) is 17.2 Å². The molecule has 0 aliphatic carbocycles. The predicted octanol–water partition coefficient (Wildman–Crippen LogP) is 4.99. The van der Waals surface area contributed by atoms with E-state index in [0.29, 0.717) is 29.8 Å². The van der Waals surface area contributed by atoms with Crippen molar-refractivity contribution >= 4 is 29.5 Å². The topological polar surface area (TPSA) is 52.2 Å². The highest BCUT2D eigenvalue weighted by molar-refractivity contribution is 7.71. The lowest BCUT2D eigenvalue weighted by Crippen LogP contribution is -2.09. The summed E-state index contributed by atoms with van der Waals surface area (Å²) in [6.45, 7) is 2.99. The van der Waals surface area contributed by atoms with Crippen molar-refractivity contribution in [3.05, 3.63) is 58.4 Å². The van der Waals surface area contributed by atoms with Crippen LogP contribution in [0.2, 0.25) is 5.02 Å². The fourth-order valence-electron chi connectivity index (χ4n) is 2.15. The normalized spacial score (nSPS) is 10.6. The number of hydrogen-bond donors (Lipinski definition) is 1. The van der Waals surface area contributed by atoms with Gasteiger partial charge < -0.3 is 14.5 Å². The molecule has 0 bridgehead atoms. The van der Waals surface area contributed by atoms with Gasteiger partial charge in [0.05, 0.1) is 17.2 Å². The lowest BCUT2D eigenvalue weighted by Gasteiger charge is -2.07. The van der Waals surface area contributed by atoms with Crippen molar-refractivity contribution in [1.82, 2.24) is 9.78 Å². The Morgan fingerprint density at radius 1 is 1.21 bits per heavy atom. The highest BCUT2D eigenvalue weighted by Crippen LogP contribution is 2.26. The summed E-state index contributed by atoms with van der Waals surface area (Å²) in [4.78, 5) is 0.281. The lowest BCUT2D eigenvalue weighted by molar-refractivity contribution is 0.340. The molecule has 7 heteroatoms. The molecule has 124 valence electrons. The van der Waals surface area contributed by atoms with Crippen molar-refractivity contribution in [3.63, 3.8) is 0 Å². The molecule has 0 atom stereocenters. The van der Waals surface area contributed by atoms with Gasteiger partial charge in [0.15, 0.2) is 0 Å². The number of aromatic nitrogens is 2. The van der Waals surface area contributed by atoms with Crippen LogP contribution in [-0.2, 0) is 6.67 Å². The smallest absolute Gasteiger partial charge is 0.289 e. The molecule has 0 fully saturated rings. The van der Waals surface area contributed by atoms with E-state index in [-0.39, 0.29) is 4.84 Å². The largest absolute Gasteiger partial charge is 0.494 e. The third kappa shape index (κ3) is 3.77. The van der Waals surface area contributed by atoms with Crippen LogP contribution in [0.1, 0.15) is 6.92 Å². The lowest BCUT2D eigenvalue weighted by atomic mass is 10.2. The molecule has 1 heterocycles. The maximum Gasteiger partial charge on any atom is 0.289 e. The van der Waals surface area contributed by atoms with Crippen LogP contribution >= 0.6 is 23.8 Å². The molecule has 24 heavy (non-hydrogen) atoms. The molecule has 3 rings (SSSR count). The maximum atomic E-state index is 6.16. The second-order valence-corrected chi connectivity index (χ2v) is 5.70. The summed E-state index contributed by atoms with van der Waals surface area (Å²) in [5.41, 5.74) is 1.65. The van der Waals surface area contributed by atoms with Crippen LogP contribution in [0.3, 0.4) is 0 Å². The molecule has 0 amide bonds. The number of nitrogens with one attached hydrogen (secondary N) is 1. The zero-order valence-electron chi connectivity index (χ0n) is 13.0. The Kier molecular flexibility index (Phi) is 5.17. The van der Waals surface area contributed by atoms with E-state index >= 15 is 0 Å². The van der Waals surface area contributed by atoms with Gasteiger partial charge in [-0.3, -0.25) is 0 Å². The number of ether oxygens (including phenoxy) is 1. The van der Waals surface area contributed by atoms with Crippen LogP contribution < -0.4 is 10.1 Å². The standard InChI is InChI=1S/C17H16ClN3O2S/c1-2-22-13-9-7-12(8-10-13)19-11-21-17(24)23-16(20-21)14-5-3-4-6-15(14)18/h3-10,19H,2,11H2,1H3. The fourth-order valence-corrected chi connectivity index (χ4v) is 2.55. The quantitative estimate of drug-likeness (QED) is 0.626. The Hall–Kier alpha value is -2.31. The second-order valence-electron chi connectivity index (χ2n) is 4.94. The third-order valence-electron chi connectivity index (χ3n) is 3.31. The van der Waals surface area contributed by atoms with Gasteiger partial charge in [0.25, 0.3) is 4.84 Å². The summed E-state index contributed by atoms with van der Waals surface area (Å²) in [7, 11) is 0. The van der Waals surface area contributed by atoms with Gasteiger partial charge in [-0.1, -0.05) is 23.7 Å². The van der Waals surface area contributed by atoms with Crippen LogP contribution in [-0.4, -0.2) is 16.4 Å². The van der Waals surface area contributed by atoms with Crippen molar-refractivity contribution in [2.45, 2.75) is 13.6 Å². The van der Waals surface area contributed by atoms with E-state index < -0.39 is 0 Å². The highest BCUT2D eigenvalue weighted by Gasteiger charge is 2.11. The van der Waals surface area contributed by atoms with Crippen molar-refractivity contribution in [2.24, 2.45) is 0 Å². The van der Waals surface area contributed by atoms with Crippen LogP contribution in [0.15, 0.2) is 52.9 Å². The Morgan fingerprint density at radius 3 is 2.67 bits per heavy atom. The van der Waals surface area contributed by atoms with Crippen LogP contribution in [0.25, 0.3) is 11.5 Å². The van der Waals surface area contributed by atoms with Gasteiger partial charge in [-0.05, 0) is 55.5 Å². The second kappa shape index (κ2) is 7.51. The van der Waals surface area contributed by atoms with E-state index in [1.54, 1.807) is 10.7 Å². The van der Waals surface area contributed by atoms with E-state index in [2.05, 4.69) is 10.4 Å². The molecule has 0 unspecified atom stereocenters. The van der Waals surface area contributed by atoms with E-state index in [1.165, 1.54) is 0 Å². The van der Waals surface area contributed by atoms with Gasteiger partial charge in [0, 0.05) is 5.69 Å². The zero-order chi connectivity index (χ0) is 16.9. The zero-order valence-corrected chi connectivity index (χ0v) is 14.6. The van der Waals surface area contributed by atoms with E-state index in [9.17, 15) is 0 Å². The van der Waals surface area contributed by atoms with Crippen LogP contribution in [0.5, 0.6) is 5.75 Å². The molecule has 0 aliphatic heterocycles. The molecule has 1 aromatic heterocycles. The summed E-state index contributed by atoms with van der Waals surface area (Å²) >= 11 is 11.4. The minimum absolute atomic E-state index is 0.281. The molecule has 1 N–H and O–H groups in total. The third-order valence-corrected chi connectivity index (χ3v) is 3.93. The van der Waals surface area contributed by atoms with Crippen molar-refractivity contribution in [1.29, 1.82) is 0 Å². The van der Waals surface area contributed by atoms with Gasteiger partial charge >= 0.3 is 0 Å². The van der Waals surface area contributed by atoms with E-state index in [1.807, 2.05) is 49.4 Å². The van der Waals surface area contributed by atoms with Crippen molar-refractivity contribution in [2.75, 3.05) is 11.9 Å². The number of benzene rings is 2. The summed E-state index contributed by atoms with van der Waals surface area (Å²) in [6.07, 6.45) is 0. The summed E-state index contributed by atoms with van der Waals surface area (Å²) in [5.74, 6) is 1.24. The fraction of sp³-hybridized carbons (Fsp3) is 0.176. The molecular formula is C17H16ClN3O2S. The molecular weight excluding hydrogens is 346 g/mol. The van der Waals surface area contributed by atoms with Crippen LogP contribution in [0, 0.1) is 4.84 Å². The van der Waals surface area contributed by atoms with Crippen molar-refractivity contribution < 1.29 is 9.15 Å². The summed E-state index contributed by atoms with van der Waals surface area (Å²) in [5, 5.41) is 8.18. The molecule has 0 radical (unpaired) electrons. The van der Waals surface area contributed by atoms with Gasteiger partial charge in [0.2, 0.25) is 5.89 Å². The molecule has 0 spiro atoms.